The maximum absolute atomic E-state index is 9.92. The second kappa shape index (κ2) is 4.57. The molecule has 1 atom stereocenters. The lowest BCUT2D eigenvalue weighted by Crippen LogP contribution is -2.05. The van der Waals surface area contributed by atoms with E-state index in [2.05, 4.69) is 16.3 Å². The molecule has 2 heterocycles. The molecule has 18 heavy (non-hydrogen) atoms. The number of aliphatic hydroxyl groups excluding tert-OH is 1. The van der Waals surface area contributed by atoms with Crippen molar-refractivity contribution < 1.29 is 9.63 Å². The summed E-state index contributed by atoms with van der Waals surface area (Å²) in [7, 11) is 0. The van der Waals surface area contributed by atoms with Gasteiger partial charge in [0, 0.05) is 24.4 Å². The van der Waals surface area contributed by atoms with Crippen molar-refractivity contribution in [1.82, 2.24) is 14.7 Å². The molecule has 0 saturated carbocycles. The fraction of sp³-hybridized carbons (Fsp3) is 0.538. The Bertz CT molecular complexity index is 544. The molecule has 1 N–H and O–H groups in total. The molecule has 3 rings (SSSR count). The Morgan fingerprint density at radius 2 is 2.39 bits per heavy atom. The molecule has 0 bridgehead atoms. The highest BCUT2D eigenvalue weighted by molar-refractivity contribution is 5.29. The van der Waals surface area contributed by atoms with Gasteiger partial charge >= 0.3 is 0 Å². The predicted molar refractivity (Wildman–Crippen MR) is 65.1 cm³/mol. The molecule has 0 amide bonds. The van der Waals surface area contributed by atoms with Crippen LogP contribution in [0.2, 0.25) is 0 Å². The van der Waals surface area contributed by atoms with Crippen molar-refractivity contribution in [3.05, 3.63) is 35.2 Å². The highest BCUT2D eigenvalue weighted by Gasteiger charge is 2.20. The molecule has 1 unspecified atom stereocenters. The molecule has 0 radical (unpaired) electrons. The van der Waals surface area contributed by atoms with E-state index < -0.39 is 0 Å². The summed E-state index contributed by atoms with van der Waals surface area (Å²) in [6.45, 7) is 2.58. The molecule has 2 aromatic heterocycles. The van der Waals surface area contributed by atoms with E-state index in [9.17, 15) is 5.11 Å². The van der Waals surface area contributed by atoms with Gasteiger partial charge in [-0.2, -0.15) is 4.98 Å². The molecule has 0 aliphatic heterocycles. The van der Waals surface area contributed by atoms with E-state index in [0.29, 0.717) is 12.4 Å². The van der Waals surface area contributed by atoms with Gasteiger partial charge in [0.05, 0.1) is 6.10 Å². The number of rotatable bonds is 3. The molecule has 1 aliphatic carbocycles. The summed E-state index contributed by atoms with van der Waals surface area (Å²) in [4.78, 5) is 4.29. The molecule has 0 aromatic carbocycles. The SMILES string of the molecule is CCc1noc(Cn2cc3c(c2)C(O)CCC3)n1. The molecule has 1 aliphatic rings. The minimum absolute atomic E-state index is 0.316. The van der Waals surface area contributed by atoms with Crippen molar-refractivity contribution >= 4 is 0 Å². The Morgan fingerprint density at radius 1 is 1.50 bits per heavy atom. The topological polar surface area (TPSA) is 64.1 Å². The van der Waals surface area contributed by atoms with E-state index in [1.54, 1.807) is 0 Å². The summed E-state index contributed by atoms with van der Waals surface area (Å²) in [5.41, 5.74) is 2.29. The maximum atomic E-state index is 9.92. The van der Waals surface area contributed by atoms with Gasteiger partial charge in [-0.25, -0.2) is 0 Å². The van der Waals surface area contributed by atoms with Gasteiger partial charge in [-0.15, -0.1) is 0 Å². The zero-order valence-electron chi connectivity index (χ0n) is 10.5. The molecule has 5 heteroatoms. The zero-order valence-corrected chi connectivity index (χ0v) is 10.5. The van der Waals surface area contributed by atoms with Crippen LogP contribution in [0.15, 0.2) is 16.9 Å². The van der Waals surface area contributed by atoms with Crippen LogP contribution in [0, 0.1) is 0 Å². The molecule has 2 aromatic rings. The van der Waals surface area contributed by atoms with Crippen molar-refractivity contribution in [2.24, 2.45) is 0 Å². The Hall–Kier alpha value is -1.62. The monoisotopic (exact) mass is 247 g/mol. The van der Waals surface area contributed by atoms with Crippen LogP contribution in [0.1, 0.15) is 48.7 Å². The lowest BCUT2D eigenvalue weighted by atomic mass is 9.93. The summed E-state index contributed by atoms with van der Waals surface area (Å²) in [6.07, 6.45) is 7.50. The number of aryl methyl sites for hydroxylation is 2. The standard InChI is InChI=1S/C13H17N3O2/c1-2-12-14-13(18-15-12)8-16-6-9-4-3-5-11(17)10(9)7-16/h6-7,11,17H,2-5,8H2,1H3. The van der Waals surface area contributed by atoms with Crippen LogP contribution in [0.3, 0.4) is 0 Å². The van der Waals surface area contributed by atoms with Crippen molar-refractivity contribution in [3.63, 3.8) is 0 Å². The van der Waals surface area contributed by atoms with Crippen LogP contribution < -0.4 is 0 Å². The highest BCUT2D eigenvalue weighted by atomic mass is 16.5. The number of aromatic nitrogens is 3. The van der Waals surface area contributed by atoms with Crippen LogP contribution in [0.25, 0.3) is 0 Å². The Balaban J connectivity index is 1.81. The van der Waals surface area contributed by atoms with E-state index in [0.717, 1.165) is 37.1 Å². The van der Waals surface area contributed by atoms with Crippen LogP contribution in [0.5, 0.6) is 0 Å². The summed E-state index contributed by atoms with van der Waals surface area (Å²) in [6, 6.07) is 0. The van der Waals surface area contributed by atoms with Gasteiger partial charge in [0.15, 0.2) is 5.82 Å². The van der Waals surface area contributed by atoms with Crippen molar-refractivity contribution in [1.29, 1.82) is 0 Å². The second-order valence-corrected chi connectivity index (χ2v) is 4.78. The minimum atomic E-state index is -0.316. The highest BCUT2D eigenvalue weighted by Crippen LogP contribution is 2.30. The van der Waals surface area contributed by atoms with Gasteiger partial charge in [-0.1, -0.05) is 12.1 Å². The lowest BCUT2D eigenvalue weighted by Gasteiger charge is -2.16. The average Bonchev–Trinajstić information content (AvgIpc) is 2.96. The van der Waals surface area contributed by atoms with Crippen LogP contribution >= 0.6 is 0 Å². The van der Waals surface area contributed by atoms with Gasteiger partial charge < -0.3 is 14.2 Å². The number of hydrogen-bond donors (Lipinski definition) is 1. The number of nitrogens with zero attached hydrogens (tertiary/aromatic N) is 3. The smallest absolute Gasteiger partial charge is 0.246 e. The average molecular weight is 247 g/mol. The summed E-state index contributed by atoms with van der Waals surface area (Å²) in [5, 5.41) is 13.8. The van der Waals surface area contributed by atoms with Crippen molar-refractivity contribution in [3.8, 4) is 0 Å². The molecule has 0 saturated heterocycles. The van der Waals surface area contributed by atoms with E-state index in [-0.39, 0.29) is 6.10 Å². The van der Waals surface area contributed by atoms with Crippen LogP contribution in [-0.4, -0.2) is 19.8 Å². The second-order valence-electron chi connectivity index (χ2n) is 4.78. The normalized spacial score (nSPS) is 18.9. The third-order valence-corrected chi connectivity index (χ3v) is 3.42. The summed E-state index contributed by atoms with van der Waals surface area (Å²) >= 11 is 0. The van der Waals surface area contributed by atoms with Crippen molar-refractivity contribution in [2.75, 3.05) is 0 Å². The first-order valence-electron chi connectivity index (χ1n) is 6.44. The summed E-state index contributed by atoms with van der Waals surface area (Å²) < 4.78 is 7.19. The van der Waals surface area contributed by atoms with E-state index in [1.165, 1.54) is 5.56 Å². The molecule has 0 fully saturated rings. The molecule has 5 nitrogen and oxygen atoms in total. The summed E-state index contributed by atoms with van der Waals surface area (Å²) in [5.74, 6) is 1.36. The molecular weight excluding hydrogens is 230 g/mol. The van der Waals surface area contributed by atoms with Gasteiger partial charge in [-0.05, 0) is 24.8 Å². The first kappa shape index (κ1) is 11.5. The quantitative estimate of drug-likeness (QED) is 0.899. The molecular formula is C13H17N3O2. The van der Waals surface area contributed by atoms with Crippen molar-refractivity contribution in [2.45, 2.75) is 45.3 Å². The first-order chi connectivity index (χ1) is 8.76. The largest absolute Gasteiger partial charge is 0.388 e. The van der Waals surface area contributed by atoms with E-state index >= 15 is 0 Å². The van der Waals surface area contributed by atoms with E-state index in [1.807, 2.05) is 17.7 Å². The maximum Gasteiger partial charge on any atom is 0.246 e. The minimum Gasteiger partial charge on any atom is -0.388 e. The van der Waals surface area contributed by atoms with Gasteiger partial charge in [-0.3, -0.25) is 0 Å². The number of fused-ring (bicyclic) bond motifs is 1. The Labute approximate surface area is 105 Å². The van der Waals surface area contributed by atoms with Gasteiger partial charge in [0.1, 0.15) is 6.54 Å². The molecule has 0 spiro atoms. The van der Waals surface area contributed by atoms with Crippen LogP contribution in [0.4, 0.5) is 0 Å². The fourth-order valence-corrected chi connectivity index (χ4v) is 2.47. The third kappa shape index (κ3) is 2.06. The fourth-order valence-electron chi connectivity index (χ4n) is 2.47. The number of aliphatic hydroxyl groups is 1. The number of hydrogen-bond acceptors (Lipinski definition) is 4. The van der Waals surface area contributed by atoms with Gasteiger partial charge in [0.2, 0.25) is 5.89 Å². The first-order valence-corrected chi connectivity index (χ1v) is 6.44. The predicted octanol–water partition coefficient (Wildman–Crippen LogP) is 1.85. The third-order valence-electron chi connectivity index (χ3n) is 3.42. The lowest BCUT2D eigenvalue weighted by molar-refractivity contribution is 0.157. The van der Waals surface area contributed by atoms with Gasteiger partial charge in [0.25, 0.3) is 0 Å². The van der Waals surface area contributed by atoms with Crippen LogP contribution in [-0.2, 0) is 19.4 Å². The van der Waals surface area contributed by atoms with E-state index in [4.69, 9.17) is 4.52 Å². The molecule has 96 valence electrons. The Morgan fingerprint density at radius 3 is 3.11 bits per heavy atom. The Kier molecular flexibility index (Phi) is 2.91. The zero-order chi connectivity index (χ0) is 12.5.